The molecule has 0 aliphatic heterocycles. The van der Waals surface area contributed by atoms with Crippen molar-refractivity contribution in [3.8, 4) is 0 Å². The van der Waals surface area contributed by atoms with Gasteiger partial charge in [-0.15, -0.1) is 5.10 Å². The number of anilines is 1. The maximum atomic E-state index is 12.0. The molecule has 2 rings (SSSR count). The average molecular weight is 290 g/mol. The molecule has 1 aromatic heterocycles. The number of hydrogen-bond donors (Lipinski definition) is 2. The summed E-state index contributed by atoms with van der Waals surface area (Å²) < 4.78 is 5.92. The lowest BCUT2D eigenvalue weighted by molar-refractivity contribution is 0.0527. The molecule has 21 heavy (non-hydrogen) atoms. The van der Waals surface area contributed by atoms with Crippen LogP contribution in [0.3, 0.4) is 0 Å². The highest BCUT2D eigenvalue weighted by atomic mass is 16.5. The number of aromatic amines is 1. The third-order valence-electron chi connectivity index (χ3n) is 2.65. The van der Waals surface area contributed by atoms with E-state index in [0.717, 1.165) is 4.68 Å². The number of carbonyl (C=O) groups excluding carboxylic acids is 2. The van der Waals surface area contributed by atoms with Crippen LogP contribution in [-0.4, -0.2) is 33.2 Å². The molecule has 0 unspecified atom stereocenters. The molecule has 1 aromatic carbocycles. The lowest BCUT2D eigenvalue weighted by atomic mass is 10.2. The van der Waals surface area contributed by atoms with Crippen molar-refractivity contribution in [1.82, 2.24) is 14.8 Å². The summed E-state index contributed by atoms with van der Waals surface area (Å²) in [6.45, 7) is 1.92. The first-order valence-electron chi connectivity index (χ1n) is 6.23. The number of esters is 1. The van der Waals surface area contributed by atoms with E-state index in [-0.39, 0.29) is 23.7 Å². The first-order valence-corrected chi connectivity index (χ1v) is 6.23. The molecule has 8 nitrogen and oxygen atoms in total. The normalized spacial score (nSPS) is 10.2. The van der Waals surface area contributed by atoms with Gasteiger partial charge >= 0.3 is 11.7 Å². The van der Waals surface area contributed by atoms with Gasteiger partial charge in [0.1, 0.15) is 0 Å². The van der Waals surface area contributed by atoms with Gasteiger partial charge in [-0.05, 0) is 19.1 Å². The van der Waals surface area contributed by atoms with Crippen LogP contribution in [0.15, 0.2) is 29.1 Å². The number of carbonyl (C=O) groups is 2. The van der Waals surface area contributed by atoms with Gasteiger partial charge < -0.3 is 10.1 Å². The summed E-state index contributed by atoms with van der Waals surface area (Å²) in [5.41, 5.74) is 0.0113. The largest absolute Gasteiger partial charge is 0.462 e. The second-order valence-electron chi connectivity index (χ2n) is 4.12. The highest BCUT2D eigenvalue weighted by molar-refractivity contribution is 6.06. The fraction of sp³-hybridized carbons (Fsp3) is 0.231. The quantitative estimate of drug-likeness (QED) is 0.799. The molecule has 0 atom stereocenters. The Balaban J connectivity index is 2.25. The van der Waals surface area contributed by atoms with Gasteiger partial charge in [0.2, 0.25) is 5.82 Å². The summed E-state index contributed by atoms with van der Waals surface area (Å²) in [4.78, 5) is 37.3. The maximum Gasteiger partial charge on any atom is 0.343 e. The number of benzene rings is 1. The van der Waals surface area contributed by atoms with Crippen molar-refractivity contribution in [1.29, 1.82) is 0 Å². The van der Waals surface area contributed by atoms with Crippen LogP contribution >= 0.6 is 0 Å². The van der Waals surface area contributed by atoms with E-state index in [9.17, 15) is 14.4 Å². The van der Waals surface area contributed by atoms with Crippen molar-refractivity contribution in [2.45, 2.75) is 6.92 Å². The minimum Gasteiger partial charge on any atom is -0.462 e. The third kappa shape index (κ3) is 3.16. The number of hydrogen-bond acceptors (Lipinski definition) is 5. The van der Waals surface area contributed by atoms with E-state index in [1.165, 1.54) is 13.1 Å². The summed E-state index contributed by atoms with van der Waals surface area (Å²) in [6, 6.07) is 6.42. The van der Waals surface area contributed by atoms with Gasteiger partial charge in [0.05, 0.1) is 17.9 Å². The van der Waals surface area contributed by atoms with Crippen LogP contribution in [0.5, 0.6) is 0 Å². The molecule has 0 fully saturated rings. The van der Waals surface area contributed by atoms with Gasteiger partial charge in [-0.1, -0.05) is 12.1 Å². The van der Waals surface area contributed by atoms with Gasteiger partial charge in [-0.25, -0.2) is 14.3 Å². The number of nitrogens with one attached hydrogen (secondary N) is 2. The highest BCUT2D eigenvalue weighted by Gasteiger charge is 2.17. The van der Waals surface area contributed by atoms with E-state index >= 15 is 0 Å². The molecule has 110 valence electrons. The van der Waals surface area contributed by atoms with Crippen LogP contribution in [0.4, 0.5) is 5.69 Å². The van der Waals surface area contributed by atoms with Crippen LogP contribution in [0.2, 0.25) is 0 Å². The number of ether oxygens (including phenoxy) is 1. The van der Waals surface area contributed by atoms with Gasteiger partial charge in [0.15, 0.2) is 0 Å². The smallest absolute Gasteiger partial charge is 0.343 e. The molecule has 0 aliphatic carbocycles. The number of nitrogens with zero attached hydrogens (tertiary/aromatic N) is 2. The van der Waals surface area contributed by atoms with Crippen LogP contribution in [0.25, 0.3) is 0 Å². The number of aryl methyl sites for hydroxylation is 1. The first kappa shape index (κ1) is 14.5. The van der Waals surface area contributed by atoms with Crippen molar-refractivity contribution < 1.29 is 14.3 Å². The second kappa shape index (κ2) is 6.04. The zero-order valence-electron chi connectivity index (χ0n) is 11.5. The van der Waals surface area contributed by atoms with Crippen LogP contribution in [-0.2, 0) is 11.8 Å². The molecule has 2 N–H and O–H groups in total. The van der Waals surface area contributed by atoms with Crippen LogP contribution in [0.1, 0.15) is 27.9 Å². The van der Waals surface area contributed by atoms with Crippen molar-refractivity contribution in [3.05, 3.63) is 46.1 Å². The molecule has 0 saturated carbocycles. The Kier molecular flexibility index (Phi) is 4.17. The predicted molar refractivity (Wildman–Crippen MR) is 74.2 cm³/mol. The second-order valence-corrected chi connectivity index (χ2v) is 4.12. The van der Waals surface area contributed by atoms with Crippen molar-refractivity contribution in [2.75, 3.05) is 11.9 Å². The molecule has 0 radical (unpaired) electrons. The molecule has 0 aliphatic rings. The molecule has 2 aromatic rings. The Morgan fingerprint density at radius 3 is 2.71 bits per heavy atom. The number of rotatable bonds is 4. The van der Waals surface area contributed by atoms with Gasteiger partial charge in [-0.2, -0.15) is 0 Å². The average Bonchev–Trinajstić information content (AvgIpc) is 2.79. The SMILES string of the molecule is CCOC(=O)c1ccccc1NC(=O)c1nn(C)c(=O)[nH]1. The maximum absolute atomic E-state index is 12.0. The van der Waals surface area contributed by atoms with E-state index in [0.29, 0.717) is 0 Å². The van der Waals surface area contributed by atoms with Gasteiger partial charge in [0.25, 0.3) is 5.91 Å². The molecule has 0 bridgehead atoms. The van der Waals surface area contributed by atoms with Crippen molar-refractivity contribution in [2.24, 2.45) is 7.05 Å². The lowest BCUT2D eigenvalue weighted by Crippen LogP contribution is -2.17. The summed E-state index contributed by atoms with van der Waals surface area (Å²) in [7, 11) is 1.42. The first-order chi connectivity index (χ1) is 10.0. The van der Waals surface area contributed by atoms with E-state index < -0.39 is 17.6 Å². The van der Waals surface area contributed by atoms with Gasteiger partial charge in [0, 0.05) is 7.05 Å². The summed E-state index contributed by atoms with van der Waals surface area (Å²) in [5, 5.41) is 6.26. The van der Waals surface area contributed by atoms with E-state index in [1.807, 2.05) is 0 Å². The van der Waals surface area contributed by atoms with Crippen molar-refractivity contribution in [3.63, 3.8) is 0 Å². The summed E-state index contributed by atoms with van der Waals surface area (Å²) in [5.74, 6) is -1.30. The molecule has 8 heteroatoms. The zero-order valence-corrected chi connectivity index (χ0v) is 11.5. The predicted octanol–water partition coefficient (Wildman–Crippen LogP) is 0.537. The number of para-hydroxylation sites is 1. The Hall–Kier alpha value is -2.90. The van der Waals surface area contributed by atoms with E-state index in [2.05, 4.69) is 15.4 Å². The molecule has 1 amide bonds. The minimum atomic E-state index is -0.621. The van der Waals surface area contributed by atoms with E-state index in [4.69, 9.17) is 4.74 Å². The van der Waals surface area contributed by atoms with Crippen LogP contribution in [0, 0.1) is 0 Å². The highest BCUT2D eigenvalue weighted by Crippen LogP contribution is 2.16. The topological polar surface area (TPSA) is 106 Å². The molecule has 1 heterocycles. The molecular weight excluding hydrogens is 276 g/mol. The third-order valence-corrected chi connectivity index (χ3v) is 2.65. The lowest BCUT2D eigenvalue weighted by Gasteiger charge is -2.09. The van der Waals surface area contributed by atoms with Gasteiger partial charge in [-0.3, -0.25) is 9.78 Å². The fourth-order valence-corrected chi connectivity index (χ4v) is 1.67. The number of amides is 1. The molecular formula is C13H14N4O4. The Bertz CT molecular complexity index is 732. The monoisotopic (exact) mass is 290 g/mol. The van der Waals surface area contributed by atoms with Crippen LogP contribution < -0.4 is 11.0 Å². The summed E-state index contributed by atoms with van der Waals surface area (Å²) >= 11 is 0. The summed E-state index contributed by atoms with van der Waals surface area (Å²) in [6.07, 6.45) is 0. The minimum absolute atomic E-state index is 0.138. The van der Waals surface area contributed by atoms with E-state index in [1.54, 1.807) is 25.1 Å². The molecule has 0 spiro atoms. The number of H-pyrrole nitrogens is 1. The van der Waals surface area contributed by atoms with Crippen molar-refractivity contribution >= 4 is 17.6 Å². The fourth-order valence-electron chi connectivity index (χ4n) is 1.67. The zero-order chi connectivity index (χ0) is 15.4. The Morgan fingerprint density at radius 2 is 2.10 bits per heavy atom. The Morgan fingerprint density at radius 1 is 1.38 bits per heavy atom. The standard InChI is InChI=1S/C13H14N4O4/c1-3-21-12(19)8-6-4-5-7-9(8)14-11(18)10-15-13(20)17(2)16-10/h4-7H,3H2,1-2H3,(H,14,18)(H,15,16,20). The Labute approximate surface area is 119 Å². The molecule has 0 saturated heterocycles. The number of aromatic nitrogens is 3.